The number of quaternary nitrogens is 1. The first-order valence-electron chi connectivity index (χ1n) is 9.29. The molecule has 1 aliphatic rings. The van der Waals surface area contributed by atoms with Crippen molar-refractivity contribution >= 4 is 11.9 Å². The Balaban J connectivity index is 1.80. The number of hydrogen-bond donors (Lipinski definition) is 2. The first kappa shape index (κ1) is 18.3. The fraction of sp³-hybridized carbons (Fsp3) is 0.286. The molecule has 1 aromatic carbocycles. The molecule has 0 saturated carbocycles. The Bertz CT molecular complexity index is 974. The Morgan fingerprint density at radius 3 is 2.61 bits per heavy atom. The van der Waals surface area contributed by atoms with Gasteiger partial charge < -0.3 is 5.11 Å². The number of carboxylic acid groups (broad SMARTS) is 1. The van der Waals surface area contributed by atoms with E-state index in [1.165, 1.54) is 12.1 Å². The highest BCUT2D eigenvalue weighted by Crippen LogP contribution is 2.44. The third-order valence-corrected chi connectivity index (χ3v) is 5.78. The van der Waals surface area contributed by atoms with Gasteiger partial charge in [0, 0.05) is 30.1 Å². The number of benzene rings is 1. The van der Waals surface area contributed by atoms with Gasteiger partial charge in [-0.1, -0.05) is 18.2 Å². The number of rotatable bonds is 3. The Morgan fingerprint density at radius 2 is 2.00 bits per heavy atom. The second-order valence-electron chi connectivity index (χ2n) is 7.37. The lowest BCUT2D eigenvalue weighted by molar-refractivity contribution is 0.124. The largest absolute Gasteiger partial charge is 0.520 e. The summed E-state index contributed by atoms with van der Waals surface area (Å²) in [6.07, 6.45) is 3.13. The maximum Gasteiger partial charge on any atom is 0.520 e. The van der Waals surface area contributed by atoms with Crippen LogP contribution >= 0.6 is 0 Å². The van der Waals surface area contributed by atoms with E-state index in [0.717, 1.165) is 16.8 Å². The highest BCUT2D eigenvalue weighted by Gasteiger charge is 2.50. The molecule has 144 valence electrons. The Morgan fingerprint density at radius 1 is 1.21 bits per heavy atom. The Hall–Kier alpha value is -3.06. The van der Waals surface area contributed by atoms with E-state index in [0.29, 0.717) is 25.3 Å². The van der Waals surface area contributed by atoms with Crippen LogP contribution in [0.1, 0.15) is 35.1 Å². The van der Waals surface area contributed by atoms with E-state index in [9.17, 15) is 14.3 Å². The third kappa shape index (κ3) is 3.07. The fourth-order valence-corrected chi connectivity index (χ4v) is 4.36. The number of H-pyrrole nitrogens is 1. The van der Waals surface area contributed by atoms with Crippen LogP contribution in [0.5, 0.6) is 0 Å². The molecule has 0 spiro atoms. The summed E-state index contributed by atoms with van der Waals surface area (Å²) in [4.78, 5) is 17.0. The number of likely N-dealkylation sites (tertiary alicyclic amines) is 1. The topological polar surface area (TPSA) is 78.9 Å². The summed E-state index contributed by atoms with van der Waals surface area (Å²) in [5.74, 6) is 0.222. The molecule has 6 nitrogen and oxygen atoms in total. The highest BCUT2D eigenvalue weighted by molar-refractivity contribution is 5.80. The van der Waals surface area contributed by atoms with E-state index in [2.05, 4.69) is 15.2 Å². The zero-order valence-corrected chi connectivity index (χ0v) is 15.5. The van der Waals surface area contributed by atoms with Crippen LogP contribution in [0.2, 0.25) is 0 Å². The van der Waals surface area contributed by atoms with Crippen molar-refractivity contribution in [2.45, 2.75) is 25.2 Å². The average Bonchev–Trinajstić information content (AvgIpc) is 3.15. The maximum absolute atomic E-state index is 13.5. The number of aryl methyl sites for hydroxylation is 1. The Kier molecular flexibility index (Phi) is 4.68. The lowest BCUT2D eigenvalue weighted by Crippen LogP contribution is -2.60. The van der Waals surface area contributed by atoms with E-state index in [1.54, 1.807) is 24.5 Å². The molecule has 1 fully saturated rings. The van der Waals surface area contributed by atoms with Crippen LogP contribution in [0.3, 0.4) is 0 Å². The number of halogens is 1. The molecular formula is C21H22FN4O2+. The quantitative estimate of drug-likeness (QED) is 0.666. The van der Waals surface area contributed by atoms with Gasteiger partial charge >= 0.3 is 6.09 Å². The number of aromatic amines is 1. The van der Waals surface area contributed by atoms with E-state index >= 15 is 0 Å². The minimum Gasteiger partial charge on any atom is -0.435 e. The maximum atomic E-state index is 13.5. The number of hydrogen-bond acceptors (Lipinski definition) is 3. The molecule has 1 saturated heterocycles. The molecule has 2 aromatic heterocycles. The first-order valence-corrected chi connectivity index (χ1v) is 9.29. The van der Waals surface area contributed by atoms with Gasteiger partial charge in [-0.3, -0.25) is 4.98 Å². The average molecular weight is 381 g/mol. The van der Waals surface area contributed by atoms with Crippen molar-refractivity contribution in [1.29, 1.82) is 0 Å². The molecule has 28 heavy (non-hydrogen) atoms. The SMILES string of the molecule is Cc1cn[nH]c1[N+]1(C(=O)O)CCC(c2ccccn2)C(c2ccc(F)cc2)C1. The second-order valence-corrected chi connectivity index (χ2v) is 7.37. The van der Waals surface area contributed by atoms with Crippen LogP contribution in [0.25, 0.3) is 0 Å². The molecule has 0 bridgehead atoms. The van der Waals surface area contributed by atoms with Gasteiger partial charge in [0.25, 0.3) is 0 Å². The van der Waals surface area contributed by atoms with Crippen molar-refractivity contribution in [1.82, 2.24) is 19.7 Å². The van der Waals surface area contributed by atoms with Crippen LogP contribution in [0, 0.1) is 12.7 Å². The third-order valence-electron chi connectivity index (χ3n) is 5.78. The van der Waals surface area contributed by atoms with Crippen molar-refractivity contribution in [3.8, 4) is 0 Å². The monoisotopic (exact) mass is 381 g/mol. The minimum atomic E-state index is -0.918. The van der Waals surface area contributed by atoms with Crippen LogP contribution in [0.4, 0.5) is 15.0 Å². The molecule has 7 heteroatoms. The summed E-state index contributed by atoms with van der Waals surface area (Å²) in [6.45, 7) is 2.63. The van der Waals surface area contributed by atoms with E-state index in [1.807, 2.05) is 25.1 Å². The van der Waals surface area contributed by atoms with E-state index < -0.39 is 6.09 Å². The van der Waals surface area contributed by atoms with Gasteiger partial charge in [0.05, 0.1) is 18.3 Å². The van der Waals surface area contributed by atoms with Gasteiger partial charge in [-0.15, -0.1) is 0 Å². The molecular weight excluding hydrogens is 359 g/mol. The van der Waals surface area contributed by atoms with E-state index in [4.69, 9.17) is 0 Å². The van der Waals surface area contributed by atoms with Crippen LogP contribution in [0.15, 0.2) is 54.9 Å². The van der Waals surface area contributed by atoms with Crippen molar-refractivity contribution in [2.75, 3.05) is 13.1 Å². The fourth-order valence-electron chi connectivity index (χ4n) is 4.36. The van der Waals surface area contributed by atoms with Crippen molar-refractivity contribution in [2.24, 2.45) is 0 Å². The van der Waals surface area contributed by atoms with E-state index in [-0.39, 0.29) is 22.1 Å². The van der Waals surface area contributed by atoms with Crippen molar-refractivity contribution in [3.63, 3.8) is 0 Å². The van der Waals surface area contributed by atoms with Crippen LogP contribution in [-0.2, 0) is 0 Å². The standard InChI is InChI=1S/C21H21FN4O2/c1-14-12-24-25-20(14)26(21(27)28)11-9-17(19-4-2-3-10-23-19)18(13-26)15-5-7-16(22)8-6-15/h2-8,10,12,17-18H,9,11,13H2,1H3,(H-,24,25,27,28)/p+1. The molecule has 1 amide bonds. The van der Waals surface area contributed by atoms with Crippen LogP contribution < -0.4 is 4.48 Å². The molecule has 3 aromatic rings. The second kappa shape index (κ2) is 7.16. The van der Waals surface area contributed by atoms with Gasteiger partial charge in [0.15, 0.2) is 0 Å². The molecule has 3 unspecified atom stereocenters. The highest BCUT2D eigenvalue weighted by atomic mass is 19.1. The molecule has 2 N–H and O–H groups in total. The molecule has 0 aliphatic carbocycles. The number of aromatic nitrogens is 3. The lowest BCUT2D eigenvalue weighted by Gasteiger charge is -2.42. The molecule has 4 rings (SSSR count). The first-order chi connectivity index (χ1) is 13.5. The molecule has 1 aliphatic heterocycles. The summed E-state index contributed by atoms with van der Waals surface area (Å²) < 4.78 is 13.3. The van der Waals surface area contributed by atoms with Crippen molar-refractivity contribution in [3.05, 3.63) is 77.5 Å². The number of nitrogens with zero attached hydrogens (tertiary/aromatic N) is 3. The van der Waals surface area contributed by atoms with Gasteiger partial charge in [-0.05, 0) is 36.8 Å². The number of nitrogens with one attached hydrogen (secondary N) is 1. The van der Waals surface area contributed by atoms with Gasteiger partial charge in [-0.25, -0.2) is 9.49 Å². The number of carbonyl (C=O) groups is 1. The number of amides is 1. The van der Waals surface area contributed by atoms with Crippen molar-refractivity contribution < 1.29 is 14.3 Å². The molecule has 0 radical (unpaired) electrons. The number of piperidine rings is 1. The zero-order chi connectivity index (χ0) is 19.7. The predicted octanol–water partition coefficient (Wildman–Crippen LogP) is 4.21. The van der Waals surface area contributed by atoms with Gasteiger partial charge in [0.2, 0.25) is 5.82 Å². The minimum absolute atomic E-state index is 0.0560. The summed E-state index contributed by atoms with van der Waals surface area (Å²) in [7, 11) is 0. The summed E-state index contributed by atoms with van der Waals surface area (Å²) in [5, 5.41) is 17.1. The lowest BCUT2D eigenvalue weighted by atomic mass is 9.77. The van der Waals surface area contributed by atoms with Crippen LogP contribution in [-0.4, -0.2) is 39.5 Å². The number of pyridine rings is 1. The normalized spacial score (nSPS) is 24.8. The predicted molar refractivity (Wildman–Crippen MR) is 104 cm³/mol. The summed E-state index contributed by atoms with van der Waals surface area (Å²) >= 11 is 0. The molecule has 3 heterocycles. The van der Waals surface area contributed by atoms with Gasteiger partial charge in [0.1, 0.15) is 12.4 Å². The Labute approximate surface area is 162 Å². The molecule has 3 atom stereocenters. The smallest absolute Gasteiger partial charge is 0.435 e. The zero-order valence-electron chi connectivity index (χ0n) is 15.5. The summed E-state index contributed by atoms with van der Waals surface area (Å²) in [5.41, 5.74) is 2.66. The summed E-state index contributed by atoms with van der Waals surface area (Å²) in [6, 6.07) is 12.1. The van der Waals surface area contributed by atoms with Gasteiger partial charge in [-0.2, -0.15) is 14.4 Å².